The average molecular weight is 250 g/mol. The molecule has 1 aromatic carbocycles. The molecule has 0 saturated heterocycles. The van der Waals surface area contributed by atoms with E-state index in [-0.39, 0.29) is 11.8 Å². The summed E-state index contributed by atoms with van der Waals surface area (Å²) < 4.78 is 0. The summed E-state index contributed by atoms with van der Waals surface area (Å²) in [6, 6.07) is 12.8. The molecule has 3 rings (SSSR count). The summed E-state index contributed by atoms with van der Waals surface area (Å²) in [5.74, 6) is -0.619. The number of hydrogen-bond acceptors (Lipinski definition) is 3. The molecule has 92 valence electrons. The van der Waals surface area contributed by atoms with Crippen LogP contribution in [0.2, 0.25) is 0 Å². The lowest BCUT2D eigenvalue weighted by atomic mass is 10.1. The van der Waals surface area contributed by atoms with Crippen LogP contribution in [0.3, 0.4) is 0 Å². The SMILES string of the molecule is O=C1C=CC(=O)N1c1ccc(-c2ccccn2)cc1. The van der Waals surface area contributed by atoms with Gasteiger partial charge in [0, 0.05) is 23.9 Å². The largest absolute Gasteiger partial charge is 0.269 e. The minimum absolute atomic E-state index is 0.310. The van der Waals surface area contributed by atoms with E-state index >= 15 is 0 Å². The first kappa shape index (κ1) is 11.3. The number of hydrogen-bond donors (Lipinski definition) is 0. The predicted molar refractivity (Wildman–Crippen MR) is 71.3 cm³/mol. The Hall–Kier alpha value is -2.75. The summed E-state index contributed by atoms with van der Waals surface area (Å²) in [5, 5.41) is 0. The van der Waals surface area contributed by atoms with Gasteiger partial charge < -0.3 is 0 Å². The van der Waals surface area contributed by atoms with Crippen LogP contribution in [0.1, 0.15) is 0 Å². The Kier molecular flexibility index (Phi) is 2.68. The molecule has 0 unspecified atom stereocenters. The van der Waals surface area contributed by atoms with E-state index < -0.39 is 0 Å². The molecule has 2 heterocycles. The molecule has 0 fully saturated rings. The molecule has 0 aliphatic carbocycles. The maximum atomic E-state index is 11.5. The molecule has 1 aromatic heterocycles. The number of amides is 2. The van der Waals surface area contributed by atoms with Gasteiger partial charge >= 0.3 is 0 Å². The van der Waals surface area contributed by atoms with Gasteiger partial charge in [0.1, 0.15) is 0 Å². The Bertz CT molecular complexity index is 642. The smallest absolute Gasteiger partial charge is 0.258 e. The molecule has 0 N–H and O–H groups in total. The van der Waals surface area contributed by atoms with Crippen LogP contribution < -0.4 is 4.90 Å². The summed E-state index contributed by atoms with van der Waals surface area (Å²) in [6.07, 6.45) is 4.27. The van der Waals surface area contributed by atoms with Gasteiger partial charge in [-0.3, -0.25) is 14.6 Å². The standard InChI is InChI=1S/C15H10N2O2/c18-14-8-9-15(19)17(14)12-6-4-11(5-7-12)13-3-1-2-10-16-13/h1-10H. The highest BCUT2D eigenvalue weighted by Gasteiger charge is 2.24. The first-order valence-electron chi connectivity index (χ1n) is 5.83. The molecule has 2 aromatic rings. The van der Waals surface area contributed by atoms with Gasteiger partial charge in [-0.25, -0.2) is 4.90 Å². The maximum absolute atomic E-state index is 11.5. The van der Waals surface area contributed by atoms with E-state index in [1.165, 1.54) is 12.2 Å². The first-order valence-corrected chi connectivity index (χ1v) is 5.83. The molecule has 0 atom stereocenters. The highest BCUT2D eigenvalue weighted by Crippen LogP contribution is 2.23. The molecule has 19 heavy (non-hydrogen) atoms. The molecule has 0 radical (unpaired) electrons. The number of benzene rings is 1. The minimum atomic E-state index is -0.310. The molecular formula is C15H10N2O2. The molecule has 2 amide bonds. The second-order valence-electron chi connectivity index (χ2n) is 4.11. The van der Waals surface area contributed by atoms with Crippen molar-refractivity contribution in [3.8, 4) is 11.3 Å². The van der Waals surface area contributed by atoms with Gasteiger partial charge in [-0.2, -0.15) is 0 Å². The van der Waals surface area contributed by atoms with Crippen molar-refractivity contribution in [3.05, 3.63) is 60.8 Å². The molecular weight excluding hydrogens is 240 g/mol. The molecule has 4 nitrogen and oxygen atoms in total. The Morgan fingerprint density at radius 3 is 2.11 bits per heavy atom. The summed E-state index contributed by atoms with van der Waals surface area (Å²) in [7, 11) is 0. The van der Waals surface area contributed by atoms with Gasteiger partial charge in [0.15, 0.2) is 0 Å². The van der Waals surface area contributed by atoms with E-state index in [4.69, 9.17) is 0 Å². The lowest BCUT2D eigenvalue weighted by Crippen LogP contribution is -2.29. The third kappa shape index (κ3) is 2.04. The Balaban J connectivity index is 1.92. The normalized spacial score (nSPS) is 14.2. The van der Waals surface area contributed by atoms with Crippen molar-refractivity contribution in [3.63, 3.8) is 0 Å². The van der Waals surface area contributed by atoms with Gasteiger partial charge in [-0.05, 0) is 24.3 Å². The summed E-state index contributed by atoms with van der Waals surface area (Å²) in [4.78, 5) is 28.5. The average Bonchev–Trinajstić information content (AvgIpc) is 2.79. The second kappa shape index (κ2) is 4.49. The van der Waals surface area contributed by atoms with Crippen molar-refractivity contribution in [2.45, 2.75) is 0 Å². The third-order valence-electron chi connectivity index (χ3n) is 2.90. The van der Waals surface area contributed by atoms with Crippen molar-refractivity contribution >= 4 is 17.5 Å². The van der Waals surface area contributed by atoms with Gasteiger partial charge in [0.25, 0.3) is 11.8 Å². The van der Waals surface area contributed by atoms with Gasteiger partial charge in [0.05, 0.1) is 11.4 Å². The van der Waals surface area contributed by atoms with Crippen molar-refractivity contribution < 1.29 is 9.59 Å². The van der Waals surface area contributed by atoms with E-state index in [2.05, 4.69) is 4.98 Å². The van der Waals surface area contributed by atoms with E-state index in [9.17, 15) is 9.59 Å². The van der Waals surface area contributed by atoms with Gasteiger partial charge in [-0.15, -0.1) is 0 Å². The van der Waals surface area contributed by atoms with E-state index in [0.717, 1.165) is 16.2 Å². The number of imide groups is 1. The summed E-state index contributed by atoms with van der Waals surface area (Å²) >= 11 is 0. The number of aromatic nitrogens is 1. The molecule has 0 spiro atoms. The number of anilines is 1. The van der Waals surface area contributed by atoms with Crippen molar-refractivity contribution in [2.24, 2.45) is 0 Å². The molecule has 4 heteroatoms. The topological polar surface area (TPSA) is 50.3 Å². The van der Waals surface area contributed by atoms with Crippen LogP contribution in [0.15, 0.2) is 60.8 Å². The van der Waals surface area contributed by atoms with Crippen LogP contribution in [0.4, 0.5) is 5.69 Å². The van der Waals surface area contributed by atoms with Gasteiger partial charge in [0.2, 0.25) is 0 Å². The van der Waals surface area contributed by atoms with Crippen molar-refractivity contribution in [1.82, 2.24) is 4.98 Å². The van der Waals surface area contributed by atoms with Crippen LogP contribution in [0.25, 0.3) is 11.3 Å². The zero-order chi connectivity index (χ0) is 13.2. The number of rotatable bonds is 2. The third-order valence-corrected chi connectivity index (χ3v) is 2.90. The van der Waals surface area contributed by atoms with E-state index in [1.807, 2.05) is 30.3 Å². The summed E-state index contributed by atoms with van der Waals surface area (Å²) in [6.45, 7) is 0. The zero-order valence-electron chi connectivity index (χ0n) is 9.98. The molecule has 1 aliphatic heterocycles. The fourth-order valence-electron chi connectivity index (χ4n) is 1.97. The number of carbonyl (C=O) groups is 2. The Morgan fingerprint density at radius 1 is 0.842 bits per heavy atom. The van der Waals surface area contributed by atoms with Gasteiger partial charge in [-0.1, -0.05) is 18.2 Å². The highest BCUT2D eigenvalue weighted by molar-refractivity contribution is 6.28. The predicted octanol–water partition coefficient (Wildman–Crippen LogP) is 2.18. The fraction of sp³-hybridized carbons (Fsp3) is 0. The van der Waals surface area contributed by atoms with Crippen LogP contribution >= 0.6 is 0 Å². The Morgan fingerprint density at radius 2 is 1.53 bits per heavy atom. The molecule has 0 bridgehead atoms. The molecule has 1 aliphatic rings. The van der Waals surface area contributed by atoms with Crippen molar-refractivity contribution in [1.29, 1.82) is 0 Å². The monoisotopic (exact) mass is 250 g/mol. The van der Waals surface area contributed by atoms with Crippen molar-refractivity contribution in [2.75, 3.05) is 4.90 Å². The summed E-state index contributed by atoms with van der Waals surface area (Å²) in [5.41, 5.74) is 2.36. The molecule has 0 saturated carbocycles. The lowest BCUT2D eigenvalue weighted by molar-refractivity contribution is -0.119. The lowest BCUT2D eigenvalue weighted by Gasteiger charge is -2.14. The number of nitrogens with zero attached hydrogens (tertiary/aromatic N) is 2. The maximum Gasteiger partial charge on any atom is 0.258 e. The highest BCUT2D eigenvalue weighted by atomic mass is 16.2. The fourth-order valence-corrected chi connectivity index (χ4v) is 1.97. The quantitative estimate of drug-likeness (QED) is 0.767. The van der Waals surface area contributed by atoms with Crippen LogP contribution in [0.5, 0.6) is 0 Å². The second-order valence-corrected chi connectivity index (χ2v) is 4.11. The van der Waals surface area contributed by atoms with Crippen LogP contribution in [-0.2, 0) is 9.59 Å². The number of pyridine rings is 1. The number of carbonyl (C=O) groups excluding carboxylic acids is 2. The van der Waals surface area contributed by atoms with E-state index in [0.29, 0.717) is 5.69 Å². The van der Waals surface area contributed by atoms with E-state index in [1.54, 1.807) is 18.3 Å². The first-order chi connectivity index (χ1) is 9.25. The Labute approximate surface area is 110 Å². The van der Waals surface area contributed by atoms with Crippen LogP contribution in [0, 0.1) is 0 Å². The minimum Gasteiger partial charge on any atom is -0.269 e. The van der Waals surface area contributed by atoms with Crippen LogP contribution in [-0.4, -0.2) is 16.8 Å². The zero-order valence-corrected chi connectivity index (χ0v) is 9.98.